The molecule has 4 nitrogen and oxygen atoms in total. The van der Waals surface area contributed by atoms with Gasteiger partial charge < -0.3 is 10.4 Å². The summed E-state index contributed by atoms with van der Waals surface area (Å²) in [6.07, 6.45) is -0.133. The Morgan fingerprint density at radius 3 is 2.62 bits per heavy atom. The van der Waals surface area contributed by atoms with Crippen LogP contribution in [-0.2, 0) is 9.84 Å². The molecule has 0 spiro atoms. The number of hydrogen-bond donors (Lipinski definition) is 2. The van der Waals surface area contributed by atoms with Crippen molar-refractivity contribution in [3.05, 3.63) is 29.6 Å². The van der Waals surface area contributed by atoms with Crippen LogP contribution < -0.4 is 5.32 Å². The number of likely N-dealkylation sites (N-methyl/N-ethyl adjacent to an activating group) is 1. The molecule has 0 bridgehead atoms. The molecule has 1 aromatic carbocycles. The summed E-state index contributed by atoms with van der Waals surface area (Å²) in [6.45, 7) is 0.159. The van der Waals surface area contributed by atoms with Gasteiger partial charge in [0.2, 0.25) is 0 Å². The Morgan fingerprint density at radius 1 is 1.50 bits per heavy atom. The zero-order valence-electron chi connectivity index (χ0n) is 9.07. The number of hydrogen-bond acceptors (Lipinski definition) is 4. The van der Waals surface area contributed by atoms with Crippen LogP contribution in [0.1, 0.15) is 11.7 Å². The van der Waals surface area contributed by atoms with Gasteiger partial charge in [-0.05, 0) is 13.1 Å². The molecule has 1 atom stereocenters. The van der Waals surface area contributed by atoms with E-state index in [1.807, 2.05) is 0 Å². The monoisotopic (exact) mass is 247 g/mol. The Labute approximate surface area is 94.0 Å². The van der Waals surface area contributed by atoms with E-state index in [0.717, 1.165) is 12.3 Å². The smallest absolute Gasteiger partial charge is 0.178 e. The minimum Gasteiger partial charge on any atom is -0.387 e. The molecule has 1 unspecified atom stereocenters. The first-order valence-corrected chi connectivity index (χ1v) is 6.58. The Morgan fingerprint density at radius 2 is 2.12 bits per heavy atom. The molecule has 0 radical (unpaired) electrons. The molecule has 0 aliphatic heterocycles. The molecule has 1 rings (SSSR count). The van der Waals surface area contributed by atoms with Crippen molar-refractivity contribution < 1.29 is 17.9 Å². The average Bonchev–Trinajstić information content (AvgIpc) is 2.15. The first-order valence-electron chi connectivity index (χ1n) is 4.69. The van der Waals surface area contributed by atoms with Gasteiger partial charge in [0.1, 0.15) is 10.7 Å². The van der Waals surface area contributed by atoms with Gasteiger partial charge in [0, 0.05) is 18.4 Å². The Bertz CT molecular complexity index is 473. The van der Waals surface area contributed by atoms with Crippen molar-refractivity contribution in [2.75, 3.05) is 19.8 Å². The molecule has 0 saturated heterocycles. The van der Waals surface area contributed by atoms with Gasteiger partial charge in [0.05, 0.1) is 6.10 Å². The van der Waals surface area contributed by atoms with Gasteiger partial charge in [0.15, 0.2) is 9.84 Å². The number of nitrogens with one attached hydrogen (secondary N) is 1. The van der Waals surface area contributed by atoms with Gasteiger partial charge >= 0.3 is 0 Å². The van der Waals surface area contributed by atoms with E-state index in [9.17, 15) is 17.9 Å². The van der Waals surface area contributed by atoms with E-state index in [1.54, 1.807) is 7.05 Å². The lowest BCUT2D eigenvalue weighted by Crippen LogP contribution is -2.19. The number of sulfone groups is 1. The normalized spacial score (nSPS) is 13.8. The van der Waals surface area contributed by atoms with Crippen molar-refractivity contribution in [2.45, 2.75) is 11.0 Å². The molecule has 0 amide bonds. The molecule has 2 N–H and O–H groups in total. The molecule has 90 valence electrons. The van der Waals surface area contributed by atoms with Crippen LogP contribution in [0.5, 0.6) is 0 Å². The number of halogens is 1. The summed E-state index contributed by atoms with van der Waals surface area (Å²) in [5.41, 5.74) is 0.0804. The highest BCUT2D eigenvalue weighted by Gasteiger charge is 2.22. The standard InChI is InChI=1S/C10H14FNO3S/c1-12-6-9(13)7-4-3-5-8(11)10(7)16(2,14)15/h3-5,9,12-13H,6H2,1-2H3. The quantitative estimate of drug-likeness (QED) is 0.812. The minimum absolute atomic E-state index is 0.0804. The second kappa shape index (κ2) is 4.90. The summed E-state index contributed by atoms with van der Waals surface area (Å²) in [5.74, 6) is -0.838. The maximum atomic E-state index is 13.4. The molecule has 0 aliphatic rings. The van der Waals surface area contributed by atoms with Crippen LogP contribution in [-0.4, -0.2) is 33.4 Å². The lowest BCUT2D eigenvalue weighted by Gasteiger charge is -2.14. The lowest BCUT2D eigenvalue weighted by molar-refractivity contribution is 0.174. The summed E-state index contributed by atoms with van der Waals surface area (Å²) < 4.78 is 36.3. The lowest BCUT2D eigenvalue weighted by atomic mass is 10.1. The second-order valence-electron chi connectivity index (χ2n) is 3.50. The van der Waals surface area contributed by atoms with Crippen LogP contribution in [0, 0.1) is 5.82 Å². The molecular weight excluding hydrogens is 233 g/mol. The van der Waals surface area contributed by atoms with E-state index in [1.165, 1.54) is 12.1 Å². The van der Waals surface area contributed by atoms with Crippen molar-refractivity contribution >= 4 is 9.84 Å². The van der Waals surface area contributed by atoms with Gasteiger partial charge in [-0.25, -0.2) is 12.8 Å². The topological polar surface area (TPSA) is 66.4 Å². The molecular formula is C10H14FNO3S. The number of aliphatic hydroxyl groups is 1. The van der Waals surface area contributed by atoms with Crippen molar-refractivity contribution in [1.82, 2.24) is 5.32 Å². The number of aliphatic hydroxyl groups excluding tert-OH is 1. The maximum absolute atomic E-state index is 13.4. The van der Waals surface area contributed by atoms with Crippen LogP contribution in [0.15, 0.2) is 23.1 Å². The summed E-state index contributed by atoms with van der Waals surface area (Å²) in [4.78, 5) is -0.433. The fourth-order valence-electron chi connectivity index (χ4n) is 1.48. The second-order valence-corrected chi connectivity index (χ2v) is 5.46. The van der Waals surface area contributed by atoms with Crippen molar-refractivity contribution in [3.63, 3.8) is 0 Å². The Balaban J connectivity index is 3.35. The van der Waals surface area contributed by atoms with Crippen LogP contribution >= 0.6 is 0 Å². The molecule has 0 fully saturated rings. The largest absolute Gasteiger partial charge is 0.387 e. The van der Waals surface area contributed by atoms with E-state index in [-0.39, 0.29) is 12.1 Å². The molecule has 0 aliphatic carbocycles. The maximum Gasteiger partial charge on any atom is 0.178 e. The minimum atomic E-state index is -3.69. The van der Waals surface area contributed by atoms with E-state index in [0.29, 0.717) is 0 Å². The third-order valence-corrected chi connectivity index (χ3v) is 3.30. The van der Waals surface area contributed by atoms with Crippen molar-refractivity contribution in [3.8, 4) is 0 Å². The molecule has 16 heavy (non-hydrogen) atoms. The van der Waals surface area contributed by atoms with Crippen LogP contribution in [0.2, 0.25) is 0 Å². The number of rotatable bonds is 4. The van der Waals surface area contributed by atoms with Gasteiger partial charge in [-0.2, -0.15) is 0 Å². The molecule has 0 saturated carbocycles. The highest BCUT2D eigenvalue weighted by Crippen LogP contribution is 2.24. The van der Waals surface area contributed by atoms with Gasteiger partial charge in [-0.3, -0.25) is 0 Å². The zero-order valence-corrected chi connectivity index (χ0v) is 9.88. The summed E-state index contributed by atoms with van der Waals surface area (Å²) >= 11 is 0. The van der Waals surface area contributed by atoms with Crippen molar-refractivity contribution in [2.24, 2.45) is 0 Å². The number of benzene rings is 1. The highest BCUT2D eigenvalue weighted by atomic mass is 32.2. The highest BCUT2D eigenvalue weighted by molar-refractivity contribution is 7.90. The van der Waals surface area contributed by atoms with E-state index in [4.69, 9.17) is 0 Å². The Hall–Kier alpha value is -0.980. The van der Waals surface area contributed by atoms with Gasteiger partial charge in [-0.1, -0.05) is 12.1 Å². The van der Waals surface area contributed by atoms with E-state index >= 15 is 0 Å². The van der Waals surface area contributed by atoms with E-state index < -0.39 is 26.7 Å². The summed E-state index contributed by atoms with van der Waals surface area (Å²) in [5, 5.41) is 12.4. The molecule has 6 heteroatoms. The fourth-order valence-corrected chi connectivity index (χ4v) is 2.54. The average molecular weight is 247 g/mol. The molecule has 0 heterocycles. The van der Waals surface area contributed by atoms with Gasteiger partial charge in [0.25, 0.3) is 0 Å². The third kappa shape index (κ3) is 2.78. The van der Waals surface area contributed by atoms with E-state index in [2.05, 4.69) is 5.32 Å². The Kier molecular flexibility index (Phi) is 4.01. The summed E-state index contributed by atoms with van der Waals surface area (Å²) in [7, 11) is -2.08. The van der Waals surface area contributed by atoms with Gasteiger partial charge in [-0.15, -0.1) is 0 Å². The van der Waals surface area contributed by atoms with Crippen molar-refractivity contribution in [1.29, 1.82) is 0 Å². The van der Waals surface area contributed by atoms with Crippen LogP contribution in [0.25, 0.3) is 0 Å². The third-order valence-electron chi connectivity index (χ3n) is 2.12. The molecule has 1 aromatic rings. The fraction of sp³-hybridized carbons (Fsp3) is 0.400. The SMILES string of the molecule is CNCC(O)c1cccc(F)c1S(C)(=O)=O. The predicted molar refractivity (Wildman–Crippen MR) is 58.4 cm³/mol. The first-order chi connectivity index (χ1) is 7.38. The summed E-state index contributed by atoms with van der Waals surface area (Å²) in [6, 6.07) is 3.84. The molecule has 0 aromatic heterocycles. The van der Waals surface area contributed by atoms with Crippen LogP contribution in [0.3, 0.4) is 0 Å². The first kappa shape index (κ1) is 13.1. The predicted octanol–water partition coefficient (Wildman–Crippen LogP) is 0.482. The van der Waals surface area contributed by atoms with Crippen LogP contribution in [0.4, 0.5) is 4.39 Å². The zero-order chi connectivity index (χ0) is 12.3.